The first-order chi connectivity index (χ1) is 11.6. The normalized spacial score (nSPS) is 12.0. The van der Waals surface area contributed by atoms with Gasteiger partial charge in [0.25, 0.3) is 0 Å². The molecule has 5 nitrogen and oxygen atoms in total. The molecule has 0 saturated carbocycles. The molecule has 3 aromatic rings. The summed E-state index contributed by atoms with van der Waals surface area (Å²) in [5, 5.41) is 1.53. The predicted octanol–water partition coefficient (Wildman–Crippen LogP) is 5.53. The molecule has 8 heteroatoms. The van der Waals surface area contributed by atoms with Crippen LogP contribution in [0.2, 0.25) is 10.0 Å². The van der Waals surface area contributed by atoms with Gasteiger partial charge in [-0.1, -0.05) is 23.2 Å². The first kappa shape index (κ1) is 17.8. The Morgan fingerprint density at radius 2 is 2.00 bits per heavy atom. The molecule has 1 aromatic carbocycles. The Morgan fingerprint density at radius 1 is 1.32 bits per heavy atom. The first-order valence-electron chi connectivity index (χ1n) is 7.50. The lowest BCUT2D eigenvalue weighted by molar-refractivity contribution is 0.0589. The molecule has 0 spiro atoms. The van der Waals surface area contributed by atoms with Crippen LogP contribution in [0.4, 0.5) is 14.9 Å². The largest absolute Gasteiger partial charge is 0.443 e. The van der Waals surface area contributed by atoms with Gasteiger partial charge in [-0.05, 0) is 32.9 Å². The third-order valence-corrected chi connectivity index (χ3v) is 4.37. The van der Waals surface area contributed by atoms with E-state index in [0.717, 1.165) is 0 Å². The number of anilines is 1. The quantitative estimate of drug-likeness (QED) is 0.600. The lowest BCUT2D eigenvalue weighted by Crippen LogP contribution is -2.34. The van der Waals surface area contributed by atoms with Gasteiger partial charge in [0.2, 0.25) is 0 Å². The van der Waals surface area contributed by atoms with Crippen molar-refractivity contribution in [1.82, 2.24) is 9.97 Å². The molecule has 2 aromatic heterocycles. The third kappa shape index (κ3) is 3.24. The highest BCUT2D eigenvalue weighted by atomic mass is 35.5. The van der Waals surface area contributed by atoms with Crippen molar-refractivity contribution in [2.45, 2.75) is 26.4 Å². The Labute approximate surface area is 153 Å². The number of nitrogens with one attached hydrogen (secondary N) is 1. The number of carbonyl (C=O) groups excluding carboxylic acids is 1. The van der Waals surface area contributed by atoms with Gasteiger partial charge < -0.3 is 9.72 Å². The summed E-state index contributed by atoms with van der Waals surface area (Å²) in [6.45, 7) is 5.28. The van der Waals surface area contributed by atoms with Crippen LogP contribution in [0.3, 0.4) is 0 Å². The van der Waals surface area contributed by atoms with Crippen molar-refractivity contribution in [3.8, 4) is 0 Å². The molecule has 0 saturated heterocycles. The molecule has 0 radical (unpaired) electrons. The van der Waals surface area contributed by atoms with Crippen molar-refractivity contribution in [2.75, 3.05) is 11.9 Å². The number of hydrogen-bond acceptors (Lipinski definition) is 3. The molecular weight excluding hydrogens is 368 g/mol. The van der Waals surface area contributed by atoms with E-state index in [9.17, 15) is 9.18 Å². The summed E-state index contributed by atoms with van der Waals surface area (Å²) in [4.78, 5) is 20.8. The predicted molar refractivity (Wildman–Crippen MR) is 98.2 cm³/mol. The molecule has 0 fully saturated rings. The molecule has 0 unspecified atom stereocenters. The smallest absolute Gasteiger partial charge is 0.414 e. The van der Waals surface area contributed by atoms with Crippen molar-refractivity contribution in [2.24, 2.45) is 0 Å². The average molecular weight is 384 g/mol. The zero-order valence-corrected chi connectivity index (χ0v) is 15.6. The minimum Gasteiger partial charge on any atom is -0.443 e. The van der Waals surface area contributed by atoms with E-state index in [0.29, 0.717) is 27.6 Å². The highest BCUT2D eigenvalue weighted by molar-refractivity contribution is 6.46. The maximum Gasteiger partial charge on any atom is 0.414 e. The minimum absolute atomic E-state index is 0.265. The number of amides is 1. The van der Waals surface area contributed by atoms with Gasteiger partial charge in [0.05, 0.1) is 21.2 Å². The summed E-state index contributed by atoms with van der Waals surface area (Å²) >= 11 is 12.3. The van der Waals surface area contributed by atoms with Gasteiger partial charge >= 0.3 is 6.09 Å². The number of aromatic nitrogens is 2. The number of H-pyrrole nitrogens is 1. The summed E-state index contributed by atoms with van der Waals surface area (Å²) < 4.78 is 19.6. The highest BCUT2D eigenvalue weighted by Gasteiger charge is 2.24. The molecule has 25 heavy (non-hydrogen) atoms. The van der Waals surface area contributed by atoms with Crippen LogP contribution >= 0.6 is 23.2 Å². The van der Waals surface area contributed by atoms with Crippen molar-refractivity contribution >= 4 is 56.9 Å². The van der Waals surface area contributed by atoms with Crippen LogP contribution in [0.25, 0.3) is 21.9 Å². The molecule has 0 bridgehead atoms. The molecule has 0 aliphatic heterocycles. The van der Waals surface area contributed by atoms with E-state index in [4.69, 9.17) is 27.9 Å². The van der Waals surface area contributed by atoms with E-state index in [-0.39, 0.29) is 10.0 Å². The third-order valence-electron chi connectivity index (χ3n) is 3.60. The summed E-state index contributed by atoms with van der Waals surface area (Å²) in [5.41, 5.74) is 0.612. The second-order valence-corrected chi connectivity index (χ2v) is 7.44. The van der Waals surface area contributed by atoms with Crippen LogP contribution < -0.4 is 4.90 Å². The zero-order valence-electron chi connectivity index (χ0n) is 14.1. The van der Waals surface area contributed by atoms with Crippen molar-refractivity contribution in [3.63, 3.8) is 0 Å². The Bertz CT molecular complexity index is 995. The average Bonchev–Trinajstić information content (AvgIpc) is 2.86. The Hall–Kier alpha value is -2.05. The van der Waals surface area contributed by atoms with Crippen LogP contribution in [-0.4, -0.2) is 28.7 Å². The fourth-order valence-corrected chi connectivity index (χ4v) is 2.92. The van der Waals surface area contributed by atoms with Crippen molar-refractivity contribution < 1.29 is 13.9 Å². The lowest BCUT2D eigenvalue weighted by atomic mass is 10.1. The number of nitrogens with zero attached hydrogens (tertiary/aromatic N) is 2. The van der Waals surface area contributed by atoms with E-state index in [1.165, 1.54) is 30.3 Å². The number of halogens is 3. The fourth-order valence-electron chi connectivity index (χ4n) is 2.54. The number of fused-ring (bicyclic) bond motifs is 3. The summed E-state index contributed by atoms with van der Waals surface area (Å²) in [6.07, 6.45) is 0.810. The van der Waals surface area contributed by atoms with Gasteiger partial charge in [-0.2, -0.15) is 0 Å². The van der Waals surface area contributed by atoms with E-state index in [2.05, 4.69) is 9.97 Å². The molecule has 1 amide bonds. The standard InChI is InChI=1S/C17H16Cl2FN3O2/c1-17(2,3)25-16(24)23(4)11-6-8(20)5-9-12-13(19)10(18)7-21-15(12)22-14(9)11/h5-7H,1-4H3,(H,21,22). The monoisotopic (exact) mass is 383 g/mol. The van der Waals surface area contributed by atoms with Gasteiger partial charge in [-0.3, -0.25) is 4.90 Å². The number of carbonyl (C=O) groups is 1. The molecule has 0 aliphatic carbocycles. The second kappa shape index (κ2) is 6.04. The molecule has 0 aliphatic rings. The minimum atomic E-state index is -0.670. The second-order valence-electron chi connectivity index (χ2n) is 6.66. The van der Waals surface area contributed by atoms with Crippen LogP contribution in [0.15, 0.2) is 18.3 Å². The Kier molecular flexibility index (Phi) is 4.29. The maximum absolute atomic E-state index is 14.2. The number of ether oxygens (including phenoxy) is 1. The summed E-state index contributed by atoms with van der Waals surface area (Å²) in [5.74, 6) is -0.519. The van der Waals surface area contributed by atoms with Crippen LogP contribution in [-0.2, 0) is 4.74 Å². The first-order valence-corrected chi connectivity index (χ1v) is 8.25. The summed E-state index contributed by atoms with van der Waals surface area (Å²) in [7, 11) is 1.51. The van der Waals surface area contributed by atoms with Crippen LogP contribution in [0.1, 0.15) is 20.8 Å². The van der Waals surface area contributed by atoms with E-state index in [1.807, 2.05) is 0 Å². The fraction of sp³-hybridized carbons (Fsp3) is 0.294. The summed E-state index contributed by atoms with van der Waals surface area (Å²) in [6, 6.07) is 2.57. The van der Waals surface area contributed by atoms with E-state index < -0.39 is 17.5 Å². The molecule has 1 N–H and O–H groups in total. The molecule has 132 valence electrons. The van der Waals surface area contributed by atoms with Crippen molar-refractivity contribution in [1.29, 1.82) is 0 Å². The number of benzene rings is 1. The van der Waals surface area contributed by atoms with Gasteiger partial charge in [0.1, 0.15) is 17.1 Å². The Balaban J connectivity index is 2.22. The number of aromatic amines is 1. The highest BCUT2D eigenvalue weighted by Crippen LogP contribution is 2.38. The topological polar surface area (TPSA) is 58.2 Å². The molecular formula is C17H16Cl2FN3O2. The number of pyridine rings is 1. The molecule has 3 rings (SSSR count). The molecule has 0 atom stereocenters. The van der Waals surface area contributed by atoms with Crippen LogP contribution in [0, 0.1) is 5.82 Å². The van der Waals surface area contributed by atoms with Crippen molar-refractivity contribution in [3.05, 3.63) is 34.2 Å². The Morgan fingerprint density at radius 3 is 2.64 bits per heavy atom. The lowest BCUT2D eigenvalue weighted by Gasteiger charge is -2.25. The van der Waals surface area contributed by atoms with E-state index >= 15 is 0 Å². The number of rotatable bonds is 1. The molecule has 2 heterocycles. The van der Waals surface area contributed by atoms with Gasteiger partial charge in [-0.15, -0.1) is 0 Å². The van der Waals surface area contributed by atoms with Gasteiger partial charge in [0.15, 0.2) is 0 Å². The zero-order chi connectivity index (χ0) is 18.5. The van der Waals surface area contributed by atoms with Gasteiger partial charge in [0, 0.05) is 24.0 Å². The van der Waals surface area contributed by atoms with Crippen LogP contribution in [0.5, 0.6) is 0 Å². The maximum atomic E-state index is 14.2. The SMILES string of the molecule is CN(C(=O)OC(C)(C)C)c1cc(F)cc2c1[nH]c1ncc(Cl)c(Cl)c12. The van der Waals surface area contributed by atoms with E-state index in [1.54, 1.807) is 20.8 Å². The number of hydrogen-bond donors (Lipinski definition) is 1. The van der Waals surface area contributed by atoms with Gasteiger partial charge in [-0.25, -0.2) is 14.2 Å².